The molecular formula is C16H20N4O2S. The van der Waals surface area contributed by atoms with Gasteiger partial charge in [-0.1, -0.05) is 25.1 Å². The number of nitrogens with two attached hydrogens (primary N) is 1. The van der Waals surface area contributed by atoms with E-state index in [1.165, 1.54) is 6.26 Å². The van der Waals surface area contributed by atoms with Gasteiger partial charge in [-0.05, 0) is 19.4 Å². The molecule has 0 amide bonds. The van der Waals surface area contributed by atoms with Gasteiger partial charge in [0.25, 0.3) is 0 Å². The summed E-state index contributed by atoms with van der Waals surface area (Å²) >= 11 is 0. The van der Waals surface area contributed by atoms with Crippen molar-refractivity contribution in [1.82, 2.24) is 14.5 Å². The van der Waals surface area contributed by atoms with Gasteiger partial charge in [0.1, 0.15) is 16.7 Å². The van der Waals surface area contributed by atoms with Crippen LogP contribution in [-0.2, 0) is 16.3 Å². The Bertz CT molecular complexity index is 992. The molecule has 0 spiro atoms. The molecular weight excluding hydrogens is 312 g/mol. The van der Waals surface area contributed by atoms with Crippen LogP contribution in [-0.4, -0.2) is 29.2 Å². The van der Waals surface area contributed by atoms with Crippen LogP contribution < -0.4 is 5.73 Å². The topological polar surface area (TPSA) is 90.9 Å². The van der Waals surface area contributed by atoms with Crippen LogP contribution in [0.25, 0.3) is 21.9 Å². The van der Waals surface area contributed by atoms with Gasteiger partial charge in [0.05, 0.1) is 11.0 Å². The van der Waals surface area contributed by atoms with Gasteiger partial charge in [0.15, 0.2) is 15.7 Å². The molecule has 2 heterocycles. The van der Waals surface area contributed by atoms with Gasteiger partial charge in [0, 0.05) is 18.1 Å². The second-order valence-electron chi connectivity index (χ2n) is 5.79. The van der Waals surface area contributed by atoms with Crippen LogP contribution in [0.5, 0.6) is 0 Å². The van der Waals surface area contributed by atoms with Crippen LogP contribution in [0.1, 0.15) is 31.5 Å². The lowest BCUT2D eigenvalue weighted by molar-refractivity contribution is 0.561. The van der Waals surface area contributed by atoms with E-state index in [4.69, 9.17) is 5.73 Å². The Kier molecular flexibility index (Phi) is 3.75. The number of benzene rings is 1. The van der Waals surface area contributed by atoms with Crippen molar-refractivity contribution in [2.45, 2.75) is 32.1 Å². The van der Waals surface area contributed by atoms with Crippen LogP contribution in [0.2, 0.25) is 0 Å². The van der Waals surface area contributed by atoms with Crippen molar-refractivity contribution >= 4 is 37.6 Å². The first kappa shape index (κ1) is 15.7. The number of nitrogens with zero attached hydrogens (tertiary/aromatic N) is 3. The van der Waals surface area contributed by atoms with E-state index in [1.54, 1.807) is 11.5 Å². The summed E-state index contributed by atoms with van der Waals surface area (Å²) in [5, 5.41) is 0.154. The van der Waals surface area contributed by atoms with Crippen molar-refractivity contribution < 1.29 is 8.42 Å². The first-order chi connectivity index (χ1) is 10.8. The molecule has 0 bridgehead atoms. The summed E-state index contributed by atoms with van der Waals surface area (Å²) < 4.78 is 26.1. The normalized spacial score (nSPS) is 13.7. The number of imidazole rings is 1. The molecule has 2 aromatic heterocycles. The van der Waals surface area contributed by atoms with Gasteiger partial charge < -0.3 is 10.3 Å². The van der Waals surface area contributed by atoms with E-state index in [2.05, 4.69) is 9.97 Å². The lowest BCUT2D eigenvalue weighted by Crippen LogP contribution is -2.18. The van der Waals surface area contributed by atoms with Crippen LogP contribution in [0, 0.1) is 0 Å². The third-order valence-corrected chi connectivity index (χ3v) is 5.53. The molecule has 0 saturated heterocycles. The molecule has 6 nitrogen and oxygen atoms in total. The van der Waals surface area contributed by atoms with E-state index in [0.717, 1.165) is 28.7 Å². The summed E-state index contributed by atoms with van der Waals surface area (Å²) in [6, 6.07) is 7.58. The second kappa shape index (κ2) is 5.49. The maximum atomic E-state index is 12.2. The Morgan fingerprint density at radius 3 is 2.61 bits per heavy atom. The number of sulfone groups is 1. The number of anilines is 1. The average molecular weight is 332 g/mol. The minimum absolute atomic E-state index is 0.329. The monoisotopic (exact) mass is 332 g/mol. The van der Waals surface area contributed by atoms with E-state index in [0.29, 0.717) is 17.8 Å². The predicted molar refractivity (Wildman–Crippen MR) is 93.0 cm³/mol. The largest absolute Gasteiger partial charge is 0.382 e. The fourth-order valence-corrected chi connectivity index (χ4v) is 3.46. The molecule has 122 valence electrons. The molecule has 1 atom stereocenters. The summed E-state index contributed by atoms with van der Waals surface area (Å²) in [6.07, 6.45) is 2.79. The number of aryl methyl sites for hydroxylation is 1. The molecule has 7 heteroatoms. The van der Waals surface area contributed by atoms with E-state index >= 15 is 0 Å². The smallest absolute Gasteiger partial charge is 0.168 e. The number of rotatable bonds is 4. The number of hydrogen-bond donors (Lipinski definition) is 1. The third kappa shape index (κ3) is 2.55. The quantitative estimate of drug-likeness (QED) is 0.793. The van der Waals surface area contributed by atoms with Crippen LogP contribution >= 0.6 is 0 Å². The lowest BCUT2D eigenvalue weighted by Gasteiger charge is -2.16. The maximum Gasteiger partial charge on any atom is 0.168 e. The molecule has 0 aliphatic carbocycles. The van der Waals surface area contributed by atoms with Crippen molar-refractivity contribution in [2.75, 3.05) is 12.0 Å². The van der Waals surface area contributed by atoms with Gasteiger partial charge in [-0.2, -0.15) is 0 Å². The summed E-state index contributed by atoms with van der Waals surface area (Å²) in [7, 11) is -3.28. The van der Waals surface area contributed by atoms with E-state index in [-0.39, 0.29) is 0 Å². The minimum Gasteiger partial charge on any atom is -0.382 e. The van der Waals surface area contributed by atoms with Crippen molar-refractivity contribution in [2.24, 2.45) is 0 Å². The summed E-state index contributed by atoms with van der Waals surface area (Å²) in [4.78, 5) is 8.99. The zero-order chi connectivity index (χ0) is 16.8. The molecule has 0 radical (unpaired) electrons. The SMILES string of the molecule is CCCc1nc2c(N)nc3ccccc3c2n1C(C)S(C)(=O)=O. The van der Waals surface area contributed by atoms with Gasteiger partial charge in [-0.25, -0.2) is 18.4 Å². The highest BCUT2D eigenvalue weighted by Crippen LogP contribution is 2.32. The Hall–Kier alpha value is -2.15. The number of hydrogen-bond acceptors (Lipinski definition) is 5. The highest BCUT2D eigenvalue weighted by atomic mass is 32.2. The Labute approximate surface area is 135 Å². The van der Waals surface area contributed by atoms with Crippen molar-refractivity contribution in [3.8, 4) is 0 Å². The average Bonchev–Trinajstić information content (AvgIpc) is 2.86. The standard InChI is InChI=1S/C16H20N4O2S/c1-4-7-13-19-14-15(20(13)10(2)23(3,21)22)11-8-5-6-9-12(11)18-16(14)17/h5-6,8-10H,4,7H2,1-3H3,(H2,17,18). The highest BCUT2D eigenvalue weighted by Gasteiger charge is 2.25. The predicted octanol–water partition coefficient (Wildman–Crippen LogP) is 2.68. The fraction of sp³-hybridized carbons (Fsp3) is 0.375. The van der Waals surface area contributed by atoms with Gasteiger partial charge in [0.2, 0.25) is 0 Å². The Morgan fingerprint density at radius 2 is 1.96 bits per heavy atom. The minimum atomic E-state index is -3.28. The van der Waals surface area contributed by atoms with Crippen molar-refractivity contribution in [1.29, 1.82) is 0 Å². The van der Waals surface area contributed by atoms with Crippen LogP contribution in [0.4, 0.5) is 5.82 Å². The molecule has 3 aromatic rings. The van der Waals surface area contributed by atoms with Gasteiger partial charge in [-0.3, -0.25) is 0 Å². The first-order valence-electron chi connectivity index (χ1n) is 7.58. The molecule has 1 aromatic carbocycles. The van der Waals surface area contributed by atoms with Crippen LogP contribution in [0.15, 0.2) is 24.3 Å². The van der Waals surface area contributed by atoms with Crippen LogP contribution in [0.3, 0.4) is 0 Å². The maximum absolute atomic E-state index is 12.2. The number of nitrogen functional groups attached to an aromatic ring is 1. The summed E-state index contributed by atoms with van der Waals surface area (Å²) in [5.74, 6) is 1.06. The summed E-state index contributed by atoms with van der Waals surface area (Å²) in [6.45, 7) is 3.72. The van der Waals surface area contributed by atoms with Gasteiger partial charge in [-0.15, -0.1) is 0 Å². The van der Waals surface area contributed by atoms with E-state index in [9.17, 15) is 8.42 Å². The number of para-hydroxylation sites is 1. The molecule has 2 N–H and O–H groups in total. The number of aromatic nitrogens is 3. The zero-order valence-corrected chi connectivity index (χ0v) is 14.3. The van der Waals surface area contributed by atoms with E-state index < -0.39 is 15.2 Å². The Morgan fingerprint density at radius 1 is 1.26 bits per heavy atom. The number of pyridine rings is 1. The van der Waals surface area contributed by atoms with Crippen molar-refractivity contribution in [3.05, 3.63) is 30.1 Å². The molecule has 23 heavy (non-hydrogen) atoms. The van der Waals surface area contributed by atoms with Gasteiger partial charge >= 0.3 is 0 Å². The molecule has 1 unspecified atom stereocenters. The third-order valence-electron chi connectivity index (χ3n) is 4.08. The number of fused-ring (bicyclic) bond motifs is 3. The van der Waals surface area contributed by atoms with Crippen molar-refractivity contribution in [3.63, 3.8) is 0 Å². The molecule has 0 fully saturated rings. The fourth-order valence-electron chi connectivity index (χ4n) is 2.85. The highest BCUT2D eigenvalue weighted by molar-refractivity contribution is 7.90. The zero-order valence-electron chi connectivity index (χ0n) is 13.4. The van der Waals surface area contributed by atoms with E-state index in [1.807, 2.05) is 31.2 Å². The molecule has 0 aliphatic heterocycles. The lowest BCUT2D eigenvalue weighted by atomic mass is 10.2. The Balaban J connectivity index is 2.50. The molecule has 3 rings (SSSR count). The second-order valence-corrected chi connectivity index (χ2v) is 8.13. The summed E-state index contributed by atoms with van der Waals surface area (Å²) in [5.41, 5.74) is 8.13. The molecule has 0 saturated carbocycles. The molecule has 0 aliphatic rings. The first-order valence-corrected chi connectivity index (χ1v) is 9.54.